The molecule has 0 heterocycles. The van der Waals surface area contributed by atoms with Gasteiger partial charge in [-0.3, -0.25) is 0 Å². The van der Waals surface area contributed by atoms with Gasteiger partial charge in [0, 0.05) is 17.3 Å². The van der Waals surface area contributed by atoms with E-state index in [9.17, 15) is 0 Å². The highest BCUT2D eigenvalue weighted by Crippen LogP contribution is 2.40. The normalized spacial score (nSPS) is 20.8. The fourth-order valence-corrected chi connectivity index (χ4v) is 3.26. The van der Waals surface area contributed by atoms with Crippen LogP contribution in [0.4, 0.5) is 5.69 Å². The lowest BCUT2D eigenvalue weighted by Crippen LogP contribution is -2.30. The van der Waals surface area contributed by atoms with Crippen LogP contribution in [-0.2, 0) is 0 Å². The van der Waals surface area contributed by atoms with E-state index >= 15 is 0 Å². The molecule has 104 valence electrons. The highest BCUT2D eigenvalue weighted by atomic mass is 14.9. The Labute approximate surface area is 122 Å². The minimum atomic E-state index is 0.393. The predicted octanol–water partition coefficient (Wildman–Crippen LogP) is 5.34. The Balaban J connectivity index is 1.91. The molecular formula is C19H23N. The van der Waals surface area contributed by atoms with Crippen molar-refractivity contribution >= 4 is 5.69 Å². The number of para-hydroxylation sites is 1. The fraction of sp³-hybridized carbons (Fsp3) is 0.368. The van der Waals surface area contributed by atoms with Gasteiger partial charge in [0.15, 0.2) is 0 Å². The molecule has 1 saturated carbocycles. The lowest BCUT2D eigenvalue weighted by molar-refractivity contribution is 0.350. The molecule has 2 aromatic rings. The van der Waals surface area contributed by atoms with Gasteiger partial charge in [-0.25, -0.2) is 0 Å². The van der Waals surface area contributed by atoms with Gasteiger partial charge in [0.25, 0.3) is 0 Å². The highest BCUT2D eigenvalue weighted by molar-refractivity contribution is 5.78. The van der Waals surface area contributed by atoms with Crippen molar-refractivity contribution in [1.82, 2.24) is 0 Å². The van der Waals surface area contributed by atoms with Gasteiger partial charge in [0.2, 0.25) is 0 Å². The quantitative estimate of drug-likeness (QED) is 0.789. The molecule has 2 aromatic carbocycles. The van der Waals surface area contributed by atoms with E-state index in [-0.39, 0.29) is 0 Å². The van der Waals surface area contributed by atoms with Crippen molar-refractivity contribution in [3.05, 3.63) is 54.6 Å². The van der Waals surface area contributed by atoms with Crippen molar-refractivity contribution in [2.75, 3.05) is 5.32 Å². The summed E-state index contributed by atoms with van der Waals surface area (Å²) in [6.07, 6.45) is 3.92. The van der Waals surface area contributed by atoms with Crippen LogP contribution in [-0.4, -0.2) is 6.04 Å². The minimum absolute atomic E-state index is 0.393. The number of hydrogen-bond donors (Lipinski definition) is 1. The first-order chi connectivity index (χ1) is 9.67. The maximum absolute atomic E-state index is 3.80. The number of nitrogens with one attached hydrogen (secondary N) is 1. The number of benzene rings is 2. The van der Waals surface area contributed by atoms with Crippen molar-refractivity contribution in [2.24, 2.45) is 5.41 Å². The monoisotopic (exact) mass is 265 g/mol. The molecule has 0 bridgehead atoms. The molecule has 0 spiro atoms. The molecule has 1 aliphatic rings. The second-order valence-electron chi connectivity index (χ2n) is 6.49. The Morgan fingerprint density at radius 3 is 2.35 bits per heavy atom. The molecule has 1 fully saturated rings. The first-order valence-corrected chi connectivity index (χ1v) is 7.58. The maximum atomic E-state index is 3.80. The molecule has 20 heavy (non-hydrogen) atoms. The zero-order valence-corrected chi connectivity index (χ0v) is 12.4. The lowest BCUT2D eigenvalue weighted by Gasteiger charge is -2.29. The molecule has 1 nitrogen and oxygen atoms in total. The van der Waals surface area contributed by atoms with E-state index in [0.29, 0.717) is 11.5 Å². The molecule has 0 amide bonds. The van der Waals surface area contributed by atoms with E-state index in [1.54, 1.807) is 0 Å². The van der Waals surface area contributed by atoms with Crippen molar-refractivity contribution in [2.45, 2.75) is 39.2 Å². The van der Waals surface area contributed by atoms with Crippen LogP contribution in [0.2, 0.25) is 0 Å². The predicted molar refractivity (Wildman–Crippen MR) is 86.9 cm³/mol. The molecule has 1 unspecified atom stereocenters. The van der Waals surface area contributed by atoms with Gasteiger partial charge in [0.1, 0.15) is 0 Å². The van der Waals surface area contributed by atoms with Gasteiger partial charge in [-0.15, -0.1) is 0 Å². The molecule has 0 saturated heterocycles. The van der Waals surface area contributed by atoms with E-state index in [2.05, 4.69) is 73.8 Å². The lowest BCUT2D eigenvalue weighted by atomic mass is 9.87. The molecule has 1 heteroatoms. The van der Waals surface area contributed by atoms with Crippen LogP contribution in [0.15, 0.2) is 54.6 Å². The van der Waals surface area contributed by atoms with Gasteiger partial charge in [-0.2, -0.15) is 0 Å². The summed E-state index contributed by atoms with van der Waals surface area (Å²) in [4.78, 5) is 0. The Bertz CT molecular complexity index is 571. The average Bonchev–Trinajstić information content (AvgIpc) is 2.80. The average molecular weight is 265 g/mol. The van der Waals surface area contributed by atoms with Crippen LogP contribution in [0.3, 0.4) is 0 Å². The second kappa shape index (κ2) is 5.32. The van der Waals surface area contributed by atoms with E-state index in [4.69, 9.17) is 0 Å². The molecule has 0 aliphatic heterocycles. The van der Waals surface area contributed by atoms with E-state index < -0.39 is 0 Å². The standard InChI is InChI=1S/C19H23N/c1-19(2)14-8-13-18(19)20-17-12-7-6-11-16(17)15-9-4-3-5-10-15/h3-7,9-12,18,20H,8,13-14H2,1-2H3. The smallest absolute Gasteiger partial charge is 0.0422 e. The first-order valence-electron chi connectivity index (χ1n) is 7.58. The van der Waals surface area contributed by atoms with Crippen molar-refractivity contribution in [3.63, 3.8) is 0 Å². The van der Waals surface area contributed by atoms with Crippen LogP contribution in [0.25, 0.3) is 11.1 Å². The van der Waals surface area contributed by atoms with Gasteiger partial charge >= 0.3 is 0 Å². The third-order valence-corrected chi connectivity index (χ3v) is 4.60. The number of hydrogen-bond acceptors (Lipinski definition) is 1. The molecule has 0 radical (unpaired) electrons. The summed E-state index contributed by atoms with van der Waals surface area (Å²) in [6, 6.07) is 19.9. The van der Waals surface area contributed by atoms with E-state index in [1.807, 2.05) is 0 Å². The van der Waals surface area contributed by atoms with Crippen LogP contribution < -0.4 is 5.32 Å². The van der Waals surface area contributed by atoms with Crippen molar-refractivity contribution in [3.8, 4) is 11.1 Å². The molecule has 1 N–H and O–H groups in total. The molecule has 1 aliphatic carbocycles. The fourth-order valence-electron chi connectivity index (χ4n) is 3.26. The Morgan fingerprint density at radius 2 is 1.65 bits per heavy atom. The van der Waals surface area contributed by atoms with Crippen molar-refractivity contribution in [1.29, 1.82) is 0 Å². The summed E-state index contributed by atoms with van der Waals surface area (Å²) in [6.45, 7) is 4.76. The van der Waals surface area contributed by atoms with Gasteiger partial charge in [-0.05, 0) is 29.9 Å². The maximum Gasteiger partial charge on any atom is 0.0422 e. The summed E-state index contributed by atoms with van der Waals surface area (Å²) in [5.74, 6) is 0. The summed E-state index contributed by atoms with van der Waals surface area (Å²) < 4.78 is 0. The molecule has 0 aromatic heterocycles. The van der Waals surface area contributed by atoms with Gasteiger partial charge in [0.05, 0.1) is 0 Å². The third kappa shape index (κ3) is 2.58. The molecular weight excluding hydrogens is 242 g/mol. The summed E-state index contributed by atoms with van der Waals surface area (Å²) >= 11 is 0. The zero-order chi connectivity index (χ0) is 14.0. The number of anilines is 1. The zero-order valence-electron chi connectivity index (χ0n) is 12.4. The summed E-state index contributed by atoms with van der Waals surface area (Å²) in [5, 5.41) is 3.80. The summed E-state index contributed by atoms with van der Waals surface area (Å²) in [5.41, 5.74) is 4.24. The van der Waals surface area contributed by atoms with Crippen LogP contribution in [0.1, 0.15) is 33.1 Å². The van der Waals surface area contributed by atoms with Crippen LogP contribution >= 0.6 is 0 Å². The molecule has 1 atom stereocenters. The third-order valence-electron chi connectivity index (χ3n) is 4.60. The van der Waals surface area contributed by atoms with Gasteiger partial charge in [-0.1, -0.05) is 68.8 Å². The SMILES string of the molecule is CC1(C)CCCC1Nc1ccccc1-c1ccccc1. The largest absolute Gasteiger partial charge is 0.381 e. The van der Waals surface area contributed by atoms with Crippen LogP contribution in [0, 0.1) is 5.41 Å². The summed E-state index contributed by atoms with van der Waals surface area (Å²) in [7, 11) is 0. The van der Waals surface area contributed by atoms with Gasteiger partial charge < -0.3 is 5.32 Å². The number of rotatable bonds is 3. The Kier molecular flexibility index (Phi) is 3.52. The molecule has 3 rings (SSSR count). The highest BCUT2D eigenvalue weighted by Gasteiger charge is 2.34. The van der Waals surface area contributed by atoms with E-state index in [0.717, 1.165) is 0 Å². The second-order valence-corrected chi connectivity index (χ2v) is 6.49. The Hall–Kier alpha value is -1.76. The van der Waals surface area contributed by atoms with Crippen molar-refractivity contribution < 1.29 is 0 Å². The Morgan fingerprint density at radius 1 is 0.950 bits per heavy atom. The topological polar surface area (TPSA) is 12.0 Å². The van der Waals surface area contributed by atoms with E-state index in [1.165, 1.54) is 36.1 Å². The minimum Gasteiger partial charge on any atom is -0.381 e. The first kappa shape index (κ1) is 13.2. The van der Waals surface area contributed by atoms with Crippen LogP contribution in [0.5, 0.6) is 0 Å².